The first-order valence-corrected chi connectivity index (χ1v) is 7.78. The summed E-state index contributed by atoms with van der Waals surface area (Å²) >= 11 is 0. The van der Waals surface area contributed by atoms with Gasteiger partial charge in [0.05, 0.1) is 6.04 Å². The van der Waals surface area contributed by atoms with Crippen molar-refractivity contribution in [2.24, 2.45) is 5.92 Å². The number of rotatable bonds is 6. The van der Waals surface area contributed by atoms with Crippen molar-refractivity contribution in [2.45, 2.75) is 45.6 Å². The van der Waals surface area contributed by atoms with E-state index in [1.807, 2.05) is 16.9 Å². The lowest BCUT2D eigenvalue weighted by Gasteiger charge is -2.22. The maximum absolute atomic E-state index is 12.1. The molecule has 6 heteroatoms. The van der Waals surface area contributed by atoms with Crippen molar-refractivity contribution < 1.29 is 4.79 Å². The van der Waals surface area contributed by atoms with Crippen LogP contribution in [0.1, 0.15) is 56.1 Å². The molecule has 1 unspecified atom stereocenters. The van der Waals surface area contributed by atoms with Gasteiger partial charge in [0.2, 0.25) is 0 Å². The Morgan fingerprint density at radius 3 is 2.90 bits per heavy atom. The quantitative estimate of drug-likeness (QED) is 0.847. The summed E-state index contributed by atoms with van der Waals surface area (Å²) in [5.41, 5.74) is 0.529. The monoisotopic (exact) mass is 314 g/mol. The lowest BCUT2D eigenvalue weighted by Crippen LogP contribution is -2.32. The van der Waals surface area contributed by atoms with Crippen LogP contribution >= 0.6 is 12.4 Å². The molecule has 21 heavy (non-hydrogen) atoms. The van der Waals surface area contributed by atoms with Crippen molar-refractivity contribution in [1.29, 1.82) is 0 Å². The van der Waals surface area contributed by atoms with Crippen molar-refractivity contribution in [2.75, 3.05) is 19.6 Å². The van der Waals surface area contributed by atoms with Crippen LogP contribution in [0.25, 0.3) is 0 Å². The molecule has 1 aromatic rings. The highest BCUT2D eigenvalue weighted by Gasteiger charge is 2.17. The van der Waals surface area contributed by atoms with Gasteiger partial charge in [0.15, 0.2) is 0 Å². The summed E-state index contributed by atoms with van der Waals surface area (Å²) < 4.78 is 1.93. The van der Waals surface area contributed by atoms with Crippen molar-refractivity contribution in [1.82, 2.24) is 20.4 Å². The van der Waals surface area contributed by atoms with Gasteiger partial charge in [-0.05, 0) is 31.4 Å². The van der Waals surface area contributed by atoms with Gasteiger partial charge in [-0.1, -0.05) is 26.7 Å². The molecular formula is C15H27ClN4O. The average Bonchev–Trinajstić information content (AvgIpc) is 2.99. The smallest absolute Gasteiger partial charge is 0.271 e. The molecule has 120 valence electrons. The highest BCUT2D eigenvalue weighted by atomic mass is 35.5. The molecule has 0 aromatic carbocycles. The van der Waals surface area contributed by atoms with E-state index in [2.05, 4.69) is 29.6 Å². The summed E-state index contributed by atoms with van der Waals surface area (Å²) in [5.74, 6) is 0.503. The van der Waals surface area contributed by atoms with Crippen molar-refractivity contribution in [3.63, 3.8) is 0 Å². The second-order valence-electron chi connectivity index (χ2n) is 5.57. The maximum Gasteiger partial charge on any atom is 0.271 e. The van der Waals surface area contributed by atoms with Crippen molar-refractivity contribution >= 4 is 18.3 Å². The SMILES string of the molecule is CCC(CC)CNC(=O)c1ccn(C2CCCNC2)n1.Cl. The number of hydrogen-bond donors (Lipinski definition) is 2. The van der Waals surface area contributed by atoms with Crippen LogP contribution in [0, 0.1) is 5.92 Å². The van der Waals surface area contributed by atoms with E-state index in [0.717, 1.165) is 38.9 Å². The fraction of sp³-hybridized carbons (Fsp3) is 0.733. The molecule has 1 aliphatic heterocycles. The van der Waals surface area contributed by atoms with Gasteiger partial charge in [0, 0.05) is 19.3 Å². The number of hydrogen-bond acceptors (Lipinski definition) is 3. The van der Waals surface area contributed by atoms with Gasteiger partial charge >= 0.3 is 0 Å². The van der Waals surface area contributed by atoms with E-state index < -0.39 is 0 Å². The number of carbonyl (C=O) groups is 1. The van der Waals surface area contributed by atoms with E-state index in [4.69, 9.17) is 0 Å². The molecule has 0 bridgehead atoms. The third-order valence-corrected chi connectivity index (χ3v) is 4.19. The average molecular weight is 315 g/mol. The minimum Gasteiger partial charge on any atom is -0.350 e. The Morgan fingerprint density at radius 2 is 2.29 bits per heavy atom. The maximum atomic E-state index is 12.1. The summed E-state index contributed by atoms with van der Waals surface area (Å²) in [7, 11) is 0. The van der Waals surface area contributed by atoms with Gasteiger partial charge in [0.1, 0.15) is 5.69 Å². The Labute approximate surface area is 133 Å². The molecule has 1 amide bonds. The number of halogens is 1. The van der Waals surface area contributed by atoms with Crippen LogP contribution in [0.3, 0.4) is 0 Å². The van der Waals surface area contributed by atoms with Gasteiger partial charge < -0.3 is 10.6 Å². The first kappa shape index (κ1) is 18.0. The topological polar surface area (TPSA) is 59.0 Å². The van der Waals surface area contributed by atoms with Gasteiger partial charge in [-0.15, -0.1) is 12.4 Å². The fourth-order valence-corrected chi connectivity index (χ4v) is 2.63. The highest BCUT2D eigenvalue weighted by molar-refractivity contribution is 5.92. The normalized spacial score (nSPS) is 18.3. The number of nitrogens with one attached hydrogen (secondary N) is 2. The summed E-state index contributed by atoms with van der Waals surface area (Å²) in [4.78, 5) is 12.1. The molecule has 0 aliphatic carbocycles. The predicted molar refractivity (Wildman–Crippen MR) is 87.0 cm³/mol. The number of carbonyl (C=O) groups excluding carboxylic acids is 1. The third-order valence-electron chi connectivity index (χ3n) is 4.19. The molecule has 5 nitrogen and oxygen atoms in total. The Kier molecular flexibility index (Phi) is 7.75. The highest BCUT2D eigenvalue weighted by Crippen LogP contribution is 2.15. The van der Waals surface area contributed by atoms with Crippen LogP contribution in [0.5, 0.6) is 0 Å². The zero-order chi connectivity index (χ0) is 14.4. The molecule has 0 saturated carbocycles. The van der Waals surface area contributed by atoms with Gasteiger partial charge in [-0.25, -0.2) is 0 Å². The zero-order valence-electron chi connectivity index (χ0n) is 13.0. The molecule has 0 radical (unpaired) electrons. The lowest BCUT2D eigenvalue weighted by molar-refractivity contribution is 0.0940. The van der Waals surface area contributed by atoms with Gasteiger partial charge in [-0.3, -0.25) is 9.48 Å². The molecule has 1 saturated heterocycles. The van der Waals surface area contributed by atoms with E-state index in [9.17, 15) is 4.79 Å². The second kappa shape index (κ2) is 9.05. The fourth-order valence-electron chi connectivity index (χ4n) is 2.63. The standard InChI is InChI=1S/C15H26N4O.ClH/c1-3-12(4-2)10-17-15(20)14-7-9-19(18-14)13-6-5-8-16-11-13;/h7,9,12-13,16H,3-6,8,10-11H2,1-2H3,(H,17,20);1H. The number of aromatic nitrogens is 2. The minimum atomic E-state index is -0.0561. The van der Waals surface area contributed by atoms with Crippen LogP contribution in [0.2, 0.25) is 0 Å². The Bertz CT molecular complexity index is 425. The van der Waals surface area contributed by atoms with Crippen LogP contribution in [0.15, 0.2) is 12.3 Å². The van der Waals surface area contributed by atoms with E-state index >= 15 is 0 Å². The third kappa shape index (κ3) is 5.00. The molecule has 1 aliphatic rings. The van der Waals surface area contributed by atoms with Crippen molar-refractivity contribution in [3.05, 3.63) is 18.0 Å². The largest absolute Gasteiger partial charge is 0.350 e. The van der Waals surface area contributed by atoms with Gasteiger partial charge in [0.25, 0.3) is 5.91 Å². The first-order valence-electron chi connectivity index (χ1n) is 7.78. The molecule has 2 heterocycles. The molecular weight excluding hydrogens is 288 g/mol. The molecule has 2 N–H and O–H groups in total. The first-order chi connectivity index (χ1) is 9.74. The molecule has 0 spiro atoms. The Hall–Kier alpha value is -1.07. The molecule has 1 aromatic heterocycles. The zero-order valence-corrected chi connectivity index (χ0v) is 13.8. The van der Waals surface area contributed by atoms with Crippen LogP contribution in [-0.2, 0) is 0 Å². The molecule has 1 atom stereocenters. The molecule has 1 fully saturated rings. The van der Waals surface area contributed by atoms with E-state index in [1.165, 1.54) is 6.42 Å². The van der Waals surface area contributed by atoms with Crippen LogP contribution in [-0.4, -0.2) is 35.3 Å². The number of nitrogens with zero attached hydrogens (tertiary/aromatic N) is 2. The Balaban J connectivity index is 0.00000220. The van der Waals surface area contributed by atoms with Crippen molar-refractivity contribution in [3.8, 4) is 0 Å². The van der Waals surface area contributed by atoms with E-state index in [1.54, 1.807) is 0 Å². The van der Waals surface area contributed by atoms with Crippen LogP contribution < -0.4 is 10.6 Å². The Morgan fingerprint density at radius 1 is 1.52 bits per heavy atom. The summed E-state index contributed by atoms with van der Waals surface area (Å²) in [6, 6.07) is 2.20. The predicted octanol–water partition coefficient (Wildman–Crippen LogP) is 2.40. The molecule has 2 rings (SSSR count). The van der Waals surface area contributed by atoms with Crippen LogP contribution in [0.4, 0.5) is 0 Å². The van der Waals surface area contributed by atoms with Gasteiger partial charge in [-0.2, -0.15) is 5.10 Å². The lowest BCUT2D eigenvalue weighted by atomic mass is 10.0. The minimum absolute atomic E-state index is 0. The summed E-state index contributed by atoms with van der Waals surface area (Å²) in [5, 5.41) is 10.8. The van der Waals surface area contributed by atoms with E-state index in [0.29, 0.717) is 17.7 Å². The number of amides is 1. The number of piperidine rings is 1. The van der Waals surface area contributed by atoms with E-state index in [-0.39, 0.29) is 18.3 Å². The summed E-state index contributed by atoms with van der Waals surface area (Å²) in [6.45, 7) is 7.08. The second-order valence-corrected chi connectivity index (χ2v) is 5.57. The summed E-state index contributed by atoms with van der Waals surface area (Å²) in [6.07, 6.45) is 6.41.